The second kappa shape index (κ2) is 5.10. The van der Waals surface area contributed by atoms with Crippen LogP contribution in [0.4, 0.5) is 8.78 Å². The summed E-state index contributed by atoms with van der Waals surface area (Å²) in [5.74, 6) is -1.01. The fourth-order valence-corrected chi connectivity index (χ4v) is 2.25. The van der Waals surface area contributed by atoms with Crippen molar-refractivity contribution in [1.29, 1.82) is 0 Å². The van der Waals surface area contributed by atoms with Gasteiger partial charge in [0.05, 0.1) is 0 Å². The predicted octanol–water partition coefficient (Wildman–Crippen LogP) is 2.15. The number of hydrogen-bond acceptors (Lipinski definition) is 2. The van der Waals surface area contributed by atoms with E-state index < -0.39 is 11.6 Å². The number of benzene rings is 1. The molecule has 0 bridgehead atoms. The second-order valence-corrected chi connectivity index (χ2v) is 4.87. The number of nitrogens with one attached hydrogen (secondary N) is 1. The zero-order valence-corrected chi connectivity index (χ0v) is 10.2. The molecule has 1 fully saturated rings. The summed E-state index contributed by atoms with van der Waals surface area (Å²) in [6.07, 6.45) is 0. The highest BCUT2D eigenvalue weighted by molar-refractivity contribution is 5.18. The highest BCUT2D eigenvalue weighted by Gasteiger charge is 2.22. The Labute approximate surface area is 101 Å². The van der Waals surface area contributed by atoms with Crippen LogP contribution in [0.15, 0.2) is 18.2 Å². The van der Waals surface area contributed by atoms with E-state index in [9.17, 15) is 8.78 Å². The third-order valence-corrected chi connectivity index (χ3v) is 3.20. The Hall–Kier alpha value is -1.00. The van der Waals surface area contributed by atoms with Crippen molar-refractivity contribution in [3.8, 4) is 0 Å². The molecule has 1 aromatic rings. The third-order valence-electron chi connectivity index (χ3n) is 3.20. The van der Waals surface area contributed by atoms with Crippen LogP contribution in [0.3, 0.4) is 0 Å². The standard InChI is InChI=1S/C13H18F2N2/c1-9-7-17(10(2)6-16-9)8-11-3-12(14)5-13(15)4-11/h3-5,9-10,16H,6-8H2,1-2H3. The van der Waals surface area contributed by atoms with Crippen LogP contribution in [0.2, 0.25) is 0 Å². The van der Waals surface area contributed by atoms with Crippen molar-refractivity contribution in [2.45, 2.75) is 32.5 Å². The molecule has 0 saturated carbocycles. The van der Waals surface area contributed by atoms with Crippen LogP contribution >= 0.6 is 0 Å². The Bertz CT molecular complexity index is 375. The quantitative estimate of drug-likeness (QED) is 0.852. The van der Waals surface area contributed by atoms with Crippen molar-refractivity contribution in [3.63, 3.8) is 0 Å². The molecule has 0 spiro atoms. The van der Waals surface area contributed by atoms with Crippen LogP contribution in [0.5, 0.6) is 0 Å². The van der Waals surface area contributed by atoms with Gasteiger partial charge in [-0.15, -0.1) is 0 Å². The number of halogens is 2. The minimum absolute atomic E-state index is 0.387. The van der Waals surface area contributed by atoms with E-state index in [1.807, 2.05) is 0 Å². The van der Waals surface area contributed by atoms with Gasteiger partial charge >= 0.3 is 0 Å². The largest absolute Gasteiger partial charge is 0.311 e. The summed E-state index contributed by atoms with van der Waals surface area (Å²) in [6.45, 7) is 6.65. The van der Waals surface area contributed by atoms with Crippen LogP contribution in [0.25, 0.3) is 0 Å². The Balaban J connectivity index is 2.08. The molecule has 1 heterocycles. The average molecular weight is 240 g/mol. The van der Waals surface area contributed by atoms with Crippen molar-refractivity contribution in [2.24, 2.45) is 0 Å². The topological polar surface area (TPSA) is 15.3 Å². The fourth-order valence-electron chi connectivity index (χ4n) is 2.25. The van der Waals surface area contributed by atoms with Gasteiger partial charge in [0.1, 0.15) is 11.6 Å². The smallest absolute Gasteiger partial charge is 0.126 e. The third kappa shape index (κ3) is 3.23. The maximum absolute atomic E-state index is 13.1. The zero-order valence-electron chi connectivity index (χ0n) is 10.2. The Morgan fingerprint density at radius 1 is 1.24 bits per heavy atom. The molecule has 17 heavy (non-hydrogen) atoms. The van der Waals surface area contributed by atoms with E-state index in [0.717, 1.165) is 19.2 Å². The van der Waals surface area contributed by atoms with Crippen LogP contribution < -0.4 is 5.32 Å². The molecule has 0 amide bonds. The van der Waals surface area contributed by atoms with Gasteiger partial charge in [-0.05, 0) is 31.5 Å². The molecule has 1 aliphatic heterocycles. The monoisotopic (exact) mass is 240 g/mol. The Morgan fingerprint density at radius 3 is 2.53 bits per heavy atom. The van der Waals surface area contributed by atoms with Crippen molar-refractivity contribution < 1.29 is 8.78 Å². The number of rotatable bonds is 2. The first-order valence-corrected chi connectivity index (χ1v) is 5.97. The molecule has 1 aliphatic rings. The lowest BCUT2D eigenvalue weighted by Gasteiger charge is -2.37. The zero-order chi connectivity index (χ0) is 12.4. The molecule has 94 valence electrons. The summed E-state index contributed by atoms with van der Waals surface area (Å²) >= 11 is 0. The van der Waals surface area contributed by atoms with E-state index in [2.05, 4.69) is 24.1 Å². The van der Waals surface area contributed by atoms with Crippen LogP contribution in [-0.2, 0) is 6.54 Å². The molecule has 2 atom stereocenters. The first kappa shape index (κ1) is 12.5. The average Bonchev–Trinajstić information content (AvgIpc) is 2.22. The Kier molecular flexibility index (Phi) is 3.74. The molecule has 2 nitrogen and oxygen atoms in total. The van der Waals surface area contributed by atoms with E-state index in [1.54, 1.807) is 0 Å². The maximum atomic E-state index is 13.1. The maximum Gasteiger partial charge on any atom is 0.126 e. The van der Waals surface area contributed by atoms with E-state index in [4.69, 9.17) is 0 Å². The van der Waals surface area contributed by atoms with Gasteiger partial charge in [-0.3, -0.25) is 4.90 Å². The summed E-state index contributed by atoms with van der Waals surface area (Å²) in [4.78, 5) is 2.25. The molecule has 1 saturated heterocycles. The van der Waals surface area contributed by atoms with Gasteiger partial charge in [-0.2, -0.15) is 0 Å². The van der Waals surface area contributed by atoms with Crippen LogP contribution in [-0.4, -0.2) is 30.1 Å². The van der Waals surface area contributed by atoms with E-state index in [-0.39, 0.29) is 0 Å². The van der Waals surface area contributed by atoms with Gasteiger partial charge < -0.3 is 5.32 Å². The molecule has 2 rings (SSSR count). The summed E-state index contributed by atoms with van der Waals surface area (Å²) in [7, 11) is 0. The molecule has 2 unspecified atom stereocenters. The second-order valence-electron chi connectivity index (χ2n) is 4.87. The molecule has 0 aliphatic carbocycles. The van der Waals surface area contributed by atoms with Crippen molar-refractivity contribution in [2.75, 3.05) is 13.1 Å². The molecule has 4 heteroatoms. The SMILES string of the molecule is CC1CN(Cc2cc(F)cc(F)c2)C(C)CN1. The van der Waals surface area contributed by atoms with Gasteiger partial charge in [0, 0.05) is 37.8 Å². The molecule has 0 aromatic heterocycles. The lowest BCUT2D eigenvalue weighted by molar-refractivity contribution is 0.138. The lowest BCUT2D eigenvalue weighted by Crippen LogP contribution is -2.53. The fraction of sp³-hybridized carbons (Fsp3) is 0.538. The summed E-state index contributed by atoms with van der Waals surface area (Å²) in [6, 6.07) is 4.53. The number of hydrogen-bond donors (Lipinski definition) is 1. The summed E-state index contributed by atoms with van der Waals surface area (Å²) < 4.78 is 26.2. The van der Waals surface area contributed by atoms with Crippen LogP contribution in [0.1, 0.15) is 19.4 Å². The van der Waals surface area contributed by atoms with Gasteiger partial charge in [-0.1, -0.05) is 0 Å². The van der Waals surface area contributed by atoms with Crippen molar-refractivity contribution in [3.05, 3.63) is 35.4 Å². The Morgan fingerprint density at radius 2 is 1.88 bits per heavy atom. The number of piperazine rings is 1. The van der Waals surface area contributed by atoms with Crippen LogP contribution in [0, 0.1) is 11.6 Å². The normalized spacial score (nSPS) is 26.1. The molecular formula is C13H18F2N2. The summed E-state index contributed by atoms with van der Waals surface area (Å²) in [5, 5.41) is 3.38. The van der Waals surface area contributed by atoms with E-state index in [0.29, 0.717) is 24.2 Å². The highest BCUT2D eigenvalue weighted by Crippen LogP contribution is 2.14. The number of nitrogens with zero attached hydrogens (tertiary/aromatic N) is 1. The molecule has 1 N–H and O–H groups in total. The predicted molar refractivity (Wildman–Crippen MR) is 63.7 cm³/mol. The lowest BCUT2D eigenvalue weighted by atomic mass is 10.1. The van der Waals surface area contributed by atoms with Gasteiger partial charge in [0.2, 0.25) is 0 Å². The van der Waals surface area contributed by atoms with Gasteiger partial charge in [0.25, 0.3) is 0 Å². The molecular weight excluding hydrogens is 222 g/mol. The van der Waals surface area contributed by atoms with Gasteiger partial charge in [0.15, 0.2) is 0 Å². The van der Waals surface area contributed by atoms with E-state index >= 15 is 0 Å². The first-order chi connectivity index (χ1) is 8.04. The first-order valence-electron chi connectivity index (χ1n) is 5.97. The highest BCUT2D eigenvalue weighted by atomic mass is 19.1. The summed E-state index contributed by atoms with van der Waals surface area (Å²) in [5.41, 5.74) is 0.698. The molecule has 0 radical (unpaired) electrons. The minimum Gasteiger partial charge on any atom is -0.311 e. The van der Waals surface area contributed by atoms with Gasteiger partial charge in [-0.25, -0.2) is 8.78 Å². The minimum atomic E-state index is -0.504. The van der Waals surface area contributed by atoms with Crippen molar-refractivity contribution >= 4 is 0 Å². The van der Waals surface area contributed by atoms with E-state index in [1.165, 1.54) is 12.1 Å². The van der Waals surface area contributed by atoms with Crippen molar-refractivity contribution in [1.82, 2.24) is 10.2 Å². The molecule has 1 aromatic carbocycles.